The van der Waals surface area contributed by atoms with Crippen LogP contribution in [0.5, 0.6) is 5.75 Å². The number of methoxy groups -OCH3 is 1. The summed E-state index contributed by atoms with van der Waals surface area (Å²) in [6.07, 6.45) is 1.02. The van der Waals surface area contributed by atoms with Crippen LogP contribution < -0.4 is 10.5 Å². The van der Waals surface area contributed by atoms with Crippen LogP contribution in [-0.2, 0) is 6.42 Å². The highest BCUT2D eigenvalue weighted by Crippen LogP contribution is 2.31. The Hall–Kier alpha value is -1.06. The van der Waals surface area contributed by atoms with Gasteiger partial charge in [0, 0.05) is 11.6 Å². The maximum atomic E-state index is 6.09. The Kier molecular flexibility index (Phi) is 4.97. The lowest BCUT2D eigenvalue weighted by Crippen LogP contribution is -2.35. The summed E-state index contributed by atoms with van der Waals surface area (Å²) in [5, 5.41) is 0. The smallest absolute Gasteiger partial charge is 0.123 e. The van der Waals surface area contributed by atoms with Gasteiger partial charge in [-0.1, -0.05) is 19.1 Å². The van der Waals surface area contributed by atoms with Crippen molar-refractivity contribution >= 4 is 0 Å². The van der Waals surface area contributed by atoms with Crippen LogP contribution in [0, 0.1) is 0 Å². The fourth-order valence-electron chi connectivity index (χ4n) is 2.27. The lowest BCUT2D eigenvalue weighted by molar-refractivity contribution is 0.258. The van der Waals surface area contributed by atoms with Crippen molar-refractivity contribution in [3.05, 3.63) is 29.3 Å². The van der Waals surface area contributed by atoms with Gasteiger partial charge in [0.2, 0.25) is 0 Å². The summed E-state index contributed by atoms with van der Waals surface area (Å²) in [4.78, 5) is 2.14. The maximum Gasteiger partial charge on any atom is 0.123 e. The van der Waals surface area contributed by atoms with Crippen LogP contribution in [0.2, 0.25) is 0 Å². The van der Waals surface area contributed by atoms with Gasteiger partial charge in [-0.15, -0.1) is 0 Å². The highest BCUT2D eigenvalue weighted by atomic mass is 16.5. The first-order chi connectivity index (χ1) is 8.01. The van der Waals surface area contributed by atoms with Crippen LogP contribution in [0.25, 0.3) is 0 Å². The highest BCUT2D eigenvalue weighted by Gasteiger charge is 2.22. The van der Waals surface area contributed by atoms with Crippen LogP contribution in [0.4, 0.5) is 0 Å². The van der Waals surface area contributed by atoms with Crippen molar-refractivity contribution in [2.45, 2.75) is 32.4 Å². The number of hydrogen-bond donors (Lipinski definition) is 1. The zero-order valence-electron chi connectivity index (χ0n) is 11.5. The highest BCUT2D eigenvalue weighted by molar-refractivity contribution is 5.40. The van der Waals surface area contributed by atoms with Gasteiger partial charge in [0.25, 0.3) is 0 Å². The van der Waals surface area contributed by atoms with E-state index in [1.165, 1.54) is 11.1 Å². The molecule has 0 amide bonds. The van der Waals surface area contributed by atoms with Crippen LogP contribution in [0.15, 0.2) is 18.2 Å². The van der Waals surface area contributed by atoms with Crippen molar-refractivity contribution in [1.29, 1.82) is 0 Å². The number of rotatable bonds is 5. The molecule has 0 heterocycles. The maximum absolute atomic E-state index is 6.09. The van der Waals surface area contributed by atoms with Gasteiger partial charge in [0.05, 0.1) is 13.2 Å². The number of likely N-dealkylation sites (N-methyl/N-ethyl adjacent to an activating group) is 1. The quantitative estimate of drug-likeness (QED) is 0.852. The van der Waals surface area contributed by atoms with E-state index < -0.39 is 0 Å². The van der Waals surface area contributed by atoms with E-state index in [0.717, 1.165) is 12.2 Å². The summed E-state index contributed by atoms with van der Waals surface area (Å²) in [7, 11) is 5.80. The molecular weight excluding hydrogens is 212 g/mol. The molecule has 17 heavy (non-hydrogen) atoms. The van der Waals surface area contributed by atoms with Gasteiger partial charge >= 0.3 is 0 Å². The zero-order chi connectivity index (χ0) is 13.0. The van der Waals surface area contributed by atoms with E-state index in [1.807, 2.05) is 27.1 Å². The van der Waals surface area contributed by atoms with E-state index in [4.69, 9.17) is 10.5 Å². The third-order valence-electron chi connectivity index (χ3n) is 3.08. The Morgan fingerprint density at radius 1 is 1.35 bits per heavy atom. The lowest BCUT2D eigenvalue weighted by atomic mass is 9.96. The fourth-order valence-corrected chi connectivity index (χ4v) is 2.27. The van der Waals surface area contributed by atoms with Gasteiger partial charge in [-0.25, -0.2) is 0 Å². The second kappa shape index (κ2) is 6.03. The Morgan fingerprint density at radius 3 is 2.41 bits per heavy atom. The van der Waals surface area contributed by atoms with E-state index in [0.29, 0.717) is 0 Å². The monoisotopic (exact) mass is 236 g/mol. The predicted octanol–water partition coefficient (Wildman–Crippen LogP) is 2.21. The van der Waals surface area contributed by atoms with Gasteiger partial charge in [0.1, 0.15) is 5.75 Å². The molecule has 2 N–H and O–H groups in total. The van der Waals surface area contributed by atoms with Crippen molar-refractivity contribution < 1.29 is 4.74 Å². The topological polar surface area (TPSA) is 38.5 Å². The third-order valence-corrected chi connectivity index (χ3v) is 3.08. The van der Waals surface area contributed by atoms with Crippen LogP contribution in [0.3, 0.4) is 0 Å². The third kappa shape index (κ3) is 3.20. The molecule has 1 aromatic carbocycles. The van der Waals surface area contributed by atoms with Crippen molar-refractivity contribution in [2.75, 3.05) is 21.2 Å². The first-order valence-electron chi connectivity index (χ1n) is 6.10. The first kappa shape index (κ1) is 14.0. The van der Waals surface area contributed by atoms with E-state index in [2.05, 4.69) is 24.0 Å². The molecular formula is C14H24N2O. The molecule has 0 bridgehead atoms. The number of aryl methyl sites for hydroxylation is 1. The SMILES string of the molecule is CCc1ccc(OC)c(C(C(C)N)N(C)C)c1. The molecule has 0 aliphatic carbocycles. The number of nitrogens with zero attached hydrogens (tertiary/aromatic N) is 1. The van der Waals surface area contributed by atoms with Gasteiger partial charge < -0.3 is 15.4 Å². The molecule has 1 rings (SSSR count). The Bertz CT molecular complexity index is 353. The molecule has 2 atom stereocenters. The lowest BCUT2D eigenvalue weighted by Gasteiger charge is -2.29. The summed E-state index contributed by atoms with van der Waals surface area (Å²) < 4.78 is 5.44. The predicted molar refractivity (Wildman–Crippen MR) is 72.4 cm³/mol. The van der Waals surface area contributed by atoms with Crippen molar-refractivity contribution in [1.82, 2.24) is 4.90 Å². The molecule has 0 fully saturated rings. The molecule has 3 heteroatoms. The normalized spacial score (nSPS) is 14.8. The van der Waals surface area contributed by atoms with Gasteiger partial charge in [-0.3, -0.25) is 0 Å². The van der Waals surface area contributed by atoms with Crippen LogP contribution in [0.1, 0.15) is 31.0 Å². The average molecular weight is 236 g/mol. The molecule has 0 aromatic heterocycles. The number of nitrogens with two attached hydrogens (primary N) is 1. The number of hydrogen-bond acceptors (Lipinski definition) is 3. The molecule has 2 unspecified atom stereocenters. The minimum atomic E-state index is 0.0611. The van der Waals surface area contributed by atoms with E-state index in [1.54, 1.807) is 7.11 Å². The van der Waals surface area contributed by atoms with E-state index in [-0.39, 0.29) is 12.1 Å². The molecule has 0 aliphatic rings. The standard InChI is InChI=1S/C14H24N2O/c1-6-11-7-8-13(17-5)12(9-11)14(10(2)15)16(3)4/h7-10,14H,6,15H2,1-5H3. The van der Waals surface area contributed by atoms with Crippen molar-refractivity contribution in [3.63, 3.8) is 0 Å². The van der Waals surface area contributed by atoms with Crippen LogP contribution in [-0.4, -0.2) is 32.1 Å². The molecule has 96 valence electrons. The van der Waals surface area contributed by atoms with Crippen molar-refractivity contribution in [3.8, 4) is 5.75 Å². The van der Waals surface area contributed by atoms with Crippen molar-refractivity contribution in [2.24, 2.45) is 5.73 Å². The zero-order valence-corrected chi connectivity index (χ0v) is 11.5. The molecule has 3 nitrogen and oxygen atoms in total. The minimum absolute atomic E-state index is 0.0611. The summed E-state index contributed by atoms with van der Waals surface area (Å²) in [5.74, 6) is 0.915. The summed E-state index contributed by atoms with van der Waals surface area (Å²) in [5.41, 5.74) is 8.57. The molecule has 0 spiro atoms. The van der Waals surface area contributed by atoms with Gasteiger partial charge in [0.15, 0.2) is 0 Å². The number of benzene rings is 1. The minimum Gasteiger partial charge on any atom is -0.496 e. The summed E-state index contributed by atoms with van der Waals surface area (Å²) in [6, 6.07) is 6.58. The second-order valence-electron chi connectivity index (χ2n) is 4.70. The van der Waals surface area contributed by atoms with E-state index >= 15 is 0 Å². The molecule has 1 aromatic rings. The van der Waals surface area contributed by atoms with E-state index in [9.17, 15) is 0 Å². The molecule has 0 saturated carbocycles. The Balaban J connectivity index is 3.23. The second-order valence-corrected chi connectivity index (χ2v) is 4.70. The molecule has 0 aliphatic heterocycles. The van der Waals surface area contributed by atoms with Gasteiger partial charge in [-0.05, 0) is 39.1 Å². The van der Waals surface area contributed by atoms with Crippen LogP contribution >= 0.6 is 0 Å². The molecule has 0 radical (unpaired) electrons. The Morgan fingerprint density at radius 2 is 2.00 bits per heavy atom. The average Bonchev–Trinajstić information content (AvgIpc) is 2.28. The summed E-state index contributed by atoms with van der Waals surface area (Å²) >= 11 is 0. The van der Waals surface area contributed by atoms with Gasteiger partial charge in [-0.2, -0.15) is 0 Å². The summed E-state index contributed by atoms with van der Waals surface area (Å²) in [6.45, 7) is 4.19. The Labute approximate surface area is 105 Å². The number of ether oxygens (including phenoxy) is 1. The first-order valence-corrected chi connectivity index (χ1v) is 6.10. The fraction of sp³-hybridized carbons (Fsp3) is 0.571. The largest absolute Gasteiger partial charge is 0.496 e. The molecule has 0 saturated heterocycles.